The first-order valence-corrected chi connectivity index (χ1v) is 11.0. The van der Waals surface area contributed by atoms with E-state index < -0.39 is 11.9 Å². The number of aromatic nitrogens is 5. The van der Waals surface area contributed by atoms with Gasteiger partial charge in [0.15, 0.2) is 11.5 Å². The van der Waals surface area contributed by atoms with E-state index in [1.54, 1.807) is 0 Å². The molecule has 2 fully saturated rings. The molecule has 1 aliphatic heterocycles. The van der Waals surface area contributed by atoms with Crippen LogP contribution in [0.5, 0.6) is 5.88 Å². The predicted octanol–water partition coefficient (Wildman–Crippen LogP) is 4.01. The Hall–Kier alpha value is -2.98. The lowest BCUT2D eigenvalue weighted by Gasteiger charge is -2.36. The molecule has 6 rings (SSSR count). The summed E-state index contributed by atoms with van der Waals surface area (Å²) in [5.41, 5.74) is 1.05. The molecule has 170 valence electrons. The maximum Gasteiger partial charge on any atom is 0.435 e. The average molecular weight is 447 g/mol. The van der Waals surface area contributed by atoms with Crippen LogP contribution >= 0.6 is 0 Å². The summed E-state index contributed by atoms with van der Waals surface area (Å²) in [5.74, 6) is 1.68. The first kappa shape index (κ1) is 19.7. The molecule has 3 aromatic rings. The maximum absolute atomic E-state index is 13.1. The summed E-state index contributed by atoms with van der Waals surface area (Å²) in [6.07, 6.45) is 0.429. The fourth-order valence-electron chi connectivity index (χ4n) is 4.64. The van der Waals surface area contributed by atoms with Crippen molar-refractivity contribution in [3.63, 3.8) is 0 Å². The van der Waals surface area contributed by atoms with Gasteiger partial charge in [-0.1, -0.05) is 0 Å². The molecule has 0 aromatic carbocycles. The molecule has 32 heavy (non-hydrogen) atoms. The summed E-state index contributed by atoms with van der Waals surface area (Å²) < 4.78 is 48.7. The summed E-state index contributed by atoms with van der Waals surface area (Å²) >= 11 is 0. The largest absolute Gasteiger partial charge is 0.474 e. The van der Waals surface area contributed by atoms with Crippen LogP contribution in [-0.2, 0) is 6.18 Å². The number of anilines is 2. The predicted molar refractivity (Wildman–Crippen MR) is 112 cm³/mol. The lowest BCUT2D eigenvalue weighted by molar-refractivity contribution is -0.141. The van der Waals surface area contributed by atoms with Crippen LogP contribution in [0.2, 0.25) is 0 Å². The number of nitrogens with one attached hydrogen (secondary N) is 1. The lowest BCUT2D eigenvalue weighted by Crippen LogP contribution is -2.43. The molecule has 3 aliphatic rings. The molecule has 11 heteroatoms. The molecule has 2 aliphatic carbocycles. The number of hydrogen-bond donors (Lipinski definition) is 1. The minimum Gasteiger partial charge on any atom is -0.474 e. The number of halogens is 3. The quantitative estimate of drug-likeness (QED) is 0.637. The van der Waals surface area contributed by atoms with Gasteiger partial charge in [-0.15, -0.1) is 0 Å². The van der Waals surface area contributed by atoms with Crippen molar-refractivity contribution in [2.75, 3.05) is 23.8 Å². The highest BCUT2D eigenvalue weighted by Crippen LogP contribution is 2.41. The van der Waals surface area contributed by atoms with E-state index in [0.29, 0.717) is 24.8 Å². The van der Waals surface area contributed by atoms with Crippen LogP contribution in [0.25, 0.3) is 11.0 Å². The third-order valence-corrected chi connectivity index (χ3v) is 6.52. The van der Waals surface area contributed by atoms with E-state index in [9.17, 15) is 13.2 Å². The van der Waals surface area contributed by atoms with Gasteiger partial charge < -0.3 is 19.5 Å². The summed E-state index contributed by atoms with van der Waals surface area (Å²) in [6, 6.07) is 3.50. The monoisotopic (exact) mass is 447 g/mol. The Morgan fingerprint density at radius 2 is 1.97 bits per heavy atom. The standard InChI is InChI=1S/C21H24F3N7O/c1-11-10-29(2)19-18-15(5-6-30(11)18)26-20(27-19)25-12-7-14(8-12)32-17-9-16(21(22,23)24)28-31(17)13-3-4-13/h5-6,9,11-14H,3-4,7-8,10H2,1-2H3,(H,25,26,27)/t11-,12?,14?/m1/s1. The van der Waals surface area contributed by atoms with E-state index in [2.05, 4.69) is 38.0 Å². The Morgan fingerprint density at radius 1 is 1.19 bits per heavy atom. The molecule has 0 amide bonds. The number of alkyl halides is 3. The first-order valence-electron chi connectivity index (χ1n) is 11.0. The molecule has 0 unspecified atom stereocenters. The minimum absolute atomic E-state index is 0.0132. The number of likely N-dealkylation sites (N-methyl/N-ethyl adjacent to an activating group) is 1. The fraction of sp³-hybridized carbons (Fsp3) is 0.571. The molecule has 0 bridgehead atoms. The maximum atomic E-state index is 13.1. The summed E-state index contributed by atoms with van der Waals surface area (Å²) in [4.78, 5) is 11.5. The second-order valence-corrected chi connectivity index (χ2v) is 9.15. The minimum atomic E-state index is -4.47. The third kappa shape index (κ3) is 3.25. The summed E-state index contributed by atoms with van der Waals surface area (Å²) in [6.45, 7) is 3.05. The summed E-state index contributed by atoms with van der Waals surface area (Å²) in [5, 5.41) is 7.10. The Bertz CT molecular complexity index is 1180. The zero-order valence-electron chi connectivity index (χ0n) is 17.8. The molecule has 0 radical (unpaired) electrons. The van der Waals surface area contributed by atoms with Gasteiger partial charge in [0.25, 0.3) is 0 Å². The molecule has 1 N–H and O–H groups in total. The normalized spacial score (nSPS) is 25.2. The highest BCUT2D eigenvalue weighted by atomic mass is 19.4. The van der Waals surface area contributed by atoms with Gasteiger partial charge in [-0.2, -0.15) is 23.3 Å². The smallest absolute Gasteiger partial charge is 0.435 e. The third-order valence-electron chi connectivity index (χ3n) is 6.52. The van der Waals surface area contributed by atoms with E-state index in [4.69, 9.17) is 9.72 Å². The molecule has 8 nitrogen and oxygen atoms in total. The van der Waals surface area contributed by atoms with Crippen molar-refractivity contribution in [2.24, 2.45) is 0 Å². The van der Waals surface area contributed by atoms with Gasteiger partial charge in [0.05, 0.1) is 11.6 Å². The topological polar surface area (TPSA) is 73.0 Å². The molecule has 4 heterocycles. The van der Waals surface area contributed by atoms with Gasteiger partial charge in [0, 0.05) is 50.8 Å². The van der Waals surface area contributed by atoms with Crippen molar-refractivity contribution >= 4 is 22.8 Å². The fourth-order valence-corrected chi connectivity index (χ4v) is 4.64. The van der Waals surface area contributed by atoms with E-state index in [1.807, 2.05) is 13.1 Å². The molecule has 2 saturated carbocycles. The van der Waals surface area contributed by atoms with Gasteiger partial charge in [-0.3, -0.25) is 0 Å². The highest BCUT2D eigenvalue weighted by molar-refractivity contribution is 5.89. The van der Waals surface area contributed by atoms with Crippen molar-refractivity contribution in [1.29, 1.82) is 0 Å². The Balaban J connectivity index is 1.14. The van der Waals surface area contributed by atoms with E-state index in [1.165, 1.54) is 4.68 Å². The second-order valence-electron chi connectivity index (χ2n) is 9.15. The number of ether oxygens (including phenoxy) is 1. The highest BCUT2D eigenvalue weighted by Gasteiger charge is 2.40. The van der Waals surface area contributed by atoms with Crippen LogP contribution in [0.4, 0.5) is 24.9 Å². The first-order chi connectivity index (χ1) is 15.3. The van der Waals surface area contributed by atoms with Gasteiger partial charge in [-0.25, -0.2) is 9.67 Å². The van der Waals surface area contributed by atoms with Crippen LogP contribution in [0.3, 0.4) is 0 Å². The van der Waals surface area contributed by atoms with Crippen molar-refractivity contribution in [3.05, 3.63) is 24.0 Å². The van der Waals surface area contributed by atoms with Crippen molar-refractivity contribution < 1.29 is 17.9 Å². The zero-order chi connectivity index (χ0) is 22.2. The Morgan fingerprint density at radius 3 is 2.69 bits per heavy atom. The van der Waals surface area contributed by atoms with Crippen LogP contribution in [0.1, 0.15) is 50.4 Å². The second kappa shape index (κ2) is 6.76. The average Bonchev–Trinajstić information content (AvgIpc) is 3.29. The van der Waals surface area contributed by atoms with Crippen LogP contribution < -0.4 is 15.0 Å². The molecule has 0 spiro atoms. The van der Waals surface area contributed by atoms with Gasteiger partial charge in [0.2, 0.25) is 11.8 Å². The zero-order valence-corrected chi connectivity index (χ0v) is 17.8. The molecular formula is C21H24F3N7O. The van der Waals surface area contributed by atoms with Crippen molar-refractivity contribution in [3.8, 4) is 5.88 Å². The van der Waals surface area contributed by atoms with Gasteiger partial charge >= 0.3 is 6.18 Å². The van der Waals surface area contributed by atoms with E-state index in [0.717, 1.165) is 42.3 Å². The summed E-state index contributed by atoms with van der Waals surface area (Å²) in [7, 11) is 2.03. The van der Waals surface area contributed by atoms with E-state index in [-0.39, 0.29) is 24.1 Å². The Labute approximate surface area is 182 Å². The van der Waals surface area contributed by atoms with E-state index >= 15 is 0 Å². The van der Waals surface area contributed by atoms with Crippen LogP contribution in [0, 0.1) is 0 Å². The SMILES string of the molecule is C[C@@H]1CN(C)c2nc(NC3CC(Oc4cc(C(F)(F)F)nn4C4CC4)C3)nc3ccn1c23. The number of rotatable bonds is 5. The molecule has 3 aromatic heterocycles. The van der Waals surface area contributed by atoms with Crippen LogP contribution in [-0.4, -0.2) is 50.1 Å². The van der Waals surface area contributed by atoms with Gasteiger partial charge in [0.1, 0.15) is 11.6 Å². The lowest BCUT2D eigenvalue weighted by atomic mass is 9.89. The van der Waals surface area contributed by atoms with Gasteiger partial charge in [-0.05, 0) is 25.8 Å². The van der Waals surface area contributed by atoms with Crippen molar-refractivity contribution in [2.45, 2.75) is 63.0 Å². The number of nitrogens with zero attached hydrogens (tertiary/aromatic N) is 6. The molecular weight excluding hydrogens is 423 g/mol. The van der Waals surface area contributed by atoms with Crippen molar-refractivity contribution in [1.82, 2.24) is 24.3 Å². The molecule has 1 atom stereocenters. The van der Waals surface area contributed by atoms with Crippen LogP contribution in [0.15, 0.2) is 18.3 Å². The molecule has 0 saturated heterocycles. The Kier molecular flexibility index (Phi) is 4.16. The number of hydrogen-bond acceptors (Lipinski definition) is 6.